The van der Waals surface area contributed by atoms with E-state index in [1.165, 1.54) is 30.5 Å². The van der Waals surface area contributed by atoms with E-state index in [-0.39, 0.29) is 5.41 Å². The summed E-state index contributed by atoms with van der Waals surface area (Å²) >= 11 is 0. The molecule has 2 heteroatoms. The fraction of sp³-hybridized carbons (Fsp3) is 0.600. The van der Waals surface area contributed by atoms with Crippen LogP contribution in [0.5, 0.6) is 0 Å². The maximum atomic E-state index is 5.52. The average Bonchev–Trinajstić information content (AvgIpc) is 2.83. The van der Waals surface area contributed by atoms with Gasteiger partial charge in [0.2, 0.25) is 0 Å². The van der Waals surface area contributed by atoms with Crippen LogP contribution in [0.25, 0.3) is 0 Å². The molecule has 3 rings (SSSR count). The van der Waals surface area contributed by atoms with Gasteiger partial charge in [-0.05, 0) is 36.9 Å². The summed E-state index contributed by atoms with van der Waals surface area (Å²) in [6, 6.07) is 9.76. The van der Waals surface area contributed by atoms with Crippen molar-refractivity contribution in [3.8, 4) is 0 Å². The first-order chi connectivity index (χ1) is 8.35. The van der Waals surface area contributed by atoms with E-state index in [1.807, 2.05) is 0 Å². The molecule has 17 heavy (non-hydrogen) atoms. The van der Waals surface area contributed by atoms with Gasteiger partial charge < -0.3 is 10.1 Å². The van der Waals surface area contributed by atoms with Gasteiger partial charge in [-0.2, -0.15) is 0 Å². The van der Waals surface area contributed by atoms with Gasteiger partial charge in [0.25, 0.3) is 0 Å². The van der Waals surface area contributed by atoms with Crippen LogP contribution in [0.4, 0.5) is 0 Å². The van der Waals surface area contributed by atoms with Crippen molar-refractivity contribution in [2.75, 3.05) is 19.8 Å². The molecule has 1 aromatic carbocycles. The molecule has 2 aliphatic rings. The van der Waals surface area contributed by atoms with Crippen molar-refractivity contribution < 1.29 is 4.74 Å². The third kappa shape index (κ3) is 1.80. The van der Waals surface area contributed by atoms with Crippen LogP contribution in [0.1, 0.15) is 30.9 Å². The molecule has 1 atom stereocenters. The molecule has 0 bridgehead atoms. The normalized spacial score (nSPS) is 26.8. The minimum absolute atomic E-state index is 0.253. The zero-order chi connectivity index (χ0) is 11.7. The summed E-state index contributed by atoms with van der Waals surface area (Å²) in [5.41, 5.74) is 3.13. The largest absolute Gasteiger partial charge is 0.379 e. The van der Waals surface area contributed by atoms with Crippen molar-refractivity contribution in [3.05, 3.63) is 35.4 Å². The molecule has 0 radical (unpaired) electrons. The van der Waals surface area contributed by atoms with E-state index in [0.29, 0.717) is 6.04 Å². The van der Waals surface area contributed by atoms with Crippen molar-refractivity contribution >= 4 is 0 Å². The first-order valence-corrected chi connectivity index (χ1v) is 6.76. The molecule has 2 aliphatic heterocycles. The lowest BCUT2D eigenvalue weighted by Gasteiger charge is -2.46. The molecular weight excluding hydrogens is 210 g/mol. The highest BCUT2D eigenvalue weighted by atomic mass is 16.5. The number of nitrogens with one attached hydrogen (secondary N) is 1. The Labute approximate surface area is 103 Å². The second kappa shape index (κ2) is 4.43. The SMILES string of the molecule is CCc1ccc(C2(C3CCCN3)COC2)cc1. The fourth-order valence-electron chi connectivity index (χ4n) is 3.12. The summed E-state index contributed by atoms with van der Waals surface area (Å²) in [4.78, 5) is 0. The minimum Gasteiger partial charge on any atom is -0.379 e. The average molecular weight is 231 g/mol. The number of aryl methyl sites for hydroxylation is 1. The summed E-state index contributed by atoms with van der Waals surface area (Å²) in [7, 11) is 0. The smallest absolute Gasteiger partial charge is 0.0600 e. The molecule has 0 saturated carbocycles. The van der Waals surface area contributed by atoms with E-state index in [0.717, 1.165) is 19.6 Å². The lowest BCUT2D eigenvalue weighted by Crippen LogP contribution is -2.58. The van der Waals surface area contributed by atoms with E-state index in [1.54, 1.807) is 0 Å². The number of rotatable bonds is 3. The highest BCUT2D eigenvalue weighted by molar-refractivity contribution is 5.33. The van der Waals surface area contributed by atoms with E-state index in [4.69, 9.17) is 4.74 Å². The van der Waals surface area contributed by atoms with Gasteiger partial charge in [-0.25, -0.2) is 0 Å². The van der Waals surface area contributed by atoms with Crippen molar-refractivity contribution in [2.24, 2.45) is 0 Å². The molecule has 0 aliphatic carbocycles. The number of hydrogen-bond acceptors (Lipinski definition) is 2. The number of ether oxygens (including phenoxy) is 1. The summed E-state index contributed by atoms with van der Waals surface area (Å²) in [6.45, 7) is 5.14. The van der Waals surface area contributed by atoms with Crippen LogP contribution in [0.3, 0.4) is 0 Å². The second-order valence-corrected chi connectivity index (χ2v) is 5.35. The van der Waals surface area contributed by atoms with Gasteiger partial charge in [0.15, 0.2) is 0 Å². The van der Waals surface area contributed by atoms with Crippen LogP contribution in [0.15, 0.2) is 24.3 Å². The van der Waals surface area contributed by atoms with E-state index < -0.39 is 0 Å². The fourth-order valence-corrected chi connectivity index (χ4v) is 3.12. The summed E-state index contributed by atoms with van der Waals surface area (Å²) in [5, 5.41) is 3.65. The molecule has 2 fully saturated rings. The van der Waals surface area contributed by atoms with Crippen LogP contribution in [0, 0.1) is 0 Å². The Morgan fingerprint density at radius 1 is 1.29 bits per heavy atom. The van der Waals surface area contributed by atoms with Gasteiger partial charge in [-0.15, -0.1) is 0 Å². The monoisotopic (exact) mass is 231 g/mol. The zero-order valence-electron chi connectivity index (χ0n) is 10.5. The van der Waals surface area contributed by atoms with Crippen LogP contribution in [-0.4, -0.2) is 25.8 Å². The predicted molar refractivity (Wildman–Crippen MR) is 69.3 cm³/mol. The molecule has 0 amide bonds. The molecule has 2 heterocycles. The molecule has 1 N–H and O–H groups in total. The van der Waals surface area contributed by atoms with E-state index in [2.05, 4.69) is 36.5 Å². The maximum absolute atomic E-state index is 5.52. The summed E-state index contributed by atoms with van der Waals surface area (Å²) in [6.07, 6.45) is 3.71. The Hall–Kier alpha value is -0.860. The third-order valence-corrected chi connectivity index (χ3v) is 4.38. The van der Waals surface area contributed by atoms with Crippen molar-refractivity contribution in [1.29, 1.82) is 0 Å². The highest BCUT2D eigenvalue weighted by Crippen LogP contribution is 2.39. The van der Waals surface area contributed by atoms with Crippen LogP contribution >= 0.6 is 0 Å². The molecule has 1 aromatic rings. The van der Waals surface area contributed by atoms with E-state index in [9.17, 15) is 0 Å². The third-order valence-electron chi connectivity index (χ3n) is 4.38. The molecule has 0 spiro atoms. The standard InChI is InChI=1S/C15H21NO/c1-2-12-5-7-13(8-6-12)15(10-17-11-15)14-4-3-9-16-14/h5-8,14,16H,2-4,9-11H2,1H3. The quantitative estimate of drug-likeness (QED) is 0.861. The lowest BCUT2D eigenvalue weighted by atomic mass is 9.72. The van der Waals surface area contributed by atoms with Crippen LogP contribution < -0.4 is 5.32 Å². The Balaban J connectivity index is 1.88. The topological polar surface area (TPSA) is 21.3 Å². The molecule has 1 unspecified atom stereocenters. The first kappa shape index (κ1) is 11.2. The number of hydrogen-bond donors (Lipinski definition) is 1. The van der Waals surface area contributed by atoms with Gasteiger partial charge in [0, 0.05) is 6.04 Å². The van der Waals surface area contributed by atoms with E-state index >= 15 is 0 Å². The van der Waals surface area contributed by atoms with Gasteiger partial charge in [-0.3, -0.25) is 0 Å². The Morgan fingerprint density at radius 2 is 2.06 bits per heavy atom. The van der Waals surface area contributed by atoms with Crippen molar-refractivity contribution in [3.63, 3.8) is 0 Å². The summed E-state index contributed by atoms with van der Waals surface area (Å²) in [5.74, 6) is 0. The van der Waals surface area contributed by atoms with Gasteiger partial charge in [0.1, 0.15) is 0 Å². The van der Waals surface area contributed by atoms with Gasteiger partial charge in [-0.1, -0.05) is 31.2 Å². The molecular formula is C15H21NO. The van der Waals surface area contributed by atoms with Crippen LogP contribution in [0.2, 0.25) is 0 Å². The molecule has 2 nitrogen and oxygen atoms in total. The number of benzene rings is 1. The van der Waals surface area contributed by atoms with Crippen molar-refractivity contribution in [2.45, 2.75) is 37.6 Å². The summed E-state index contributed by atoms with van der Waals surface area (Å²) < 4.78 is 5.52. The zero-order valence-corrected chi connectivity index (χ0v) is 10.5. The maximum Gasteiger partial charge on any atom is 0.0600 e. The van der Waals surface area contributed by atoms with Crippen LogP contribution in [-0.2, 0) is 16.6 Å². The Kier molecular flexibility index (Phi) is 2.93. The first-order valence-electron chi connectivity index (χ1n) is 6.76. The predicted octanol–water partition coefficient (Wildman–Crippen LogP) is 2.27. The molecule has 0 aromatic heterocycles. The molecule has 92 valence electrons. The Morgan fingerprint density at radius 3 is 2.53 bits per heavy atom. The van der Waals surface area contributed by atoms with Gasteiger partial charge in [0.05, 0.1) is 18.6 Å². The molecule has 2 saturated heterocycles. The minimum atomic E-state index is 0.253. The highest BCUT2D eigenvalue weighted by Gasteiger charge is 2.47. The van der Waals surface area contributed by atoms with Gasteiger partial charge >= 0.3 is 0 Å². The van der Waals surface area contributed by atoms with Crippen molar-refractivity contribution in [1.82, 2.24) is 5.32 Å². The lowest BCUT2D eigenvalue weighted by molar-refractivity contribution is -0.0760. The second-order valence-electron chi connectivity index (χ2n) is 5.35. The Bertz CT molecular complexity index is 374.